The van der Waals surface area contributed by atoms with Crippen molar-refractivity contribution in [1.82, 2.24) is 4.31 Å². The van der Waals surface area contributed by atoms with Crippen molar-refractivity contribution in [3.05, 3.63) is 22.8 Å². The van der Waals surface area contributed by atoms with E-state index in [4.69, 9.17) is 5.73 Å². The van der Waals surface area contributed by atoms with Crippen LogP contribution in [0.2, 0.25) is 0 Å². The zero-order chi connectivity index (χ0) is 14.4. The maximum absolute atomic E-state index is 12.7. The van der Waals surface area contributed by atoms with Crippen molar-refractivity contribution < 1.29 is 8.42 Å². The van der Waals surface area contributed by atoms with Crippen molar-refractivity contribution in [3.8, 4) is 0 Å². The lowest BCUT2D eigenvalue weighted by molar-refractivity contribution is 0.452. The van der Waals surface area contributed by atoms with E-state index < -0.39 is 10.0 Å². The Morgan fingerprint density at radius 3 is 2.37 bits per heavy atom. The number of rotatable bonds is 4. The molecule has 0 radical (unpaired) electrons. The van der Waals surface area contributed by atoms with Crippen molar-refractivity contribution in [2.24, 2.45) is 5.92 Å². The van der Waals surface area contributed by atoms with Crippen molar-refractivity contribution >= 4 is 15.7 Å². The zero-order valence-corrected chi connectivity index (χ0v) is 12.8. The molecule has 0 saturated heterocycles. The van der Waals surface area contributed by atoms with E-state index in [0.717, 1.165) is 24.0 Å². The van der Waals surface area contributed by atoms with Crippen LogP contribution in [0.3, 0.4) is 0 Å². The van der Waals surface area contributed by atoms with Gasteiger partial charge in [0.1, 0.15) is 0 Å². The lowest BCUT2D eigenvalue weighted by Crippen LogP contribution is -2.30. The maximum Gasteiger partial charge on any atom is 0.243 e. The Labute approximate surface area is 115 Å². The molecule has 0 amide bonds. The molecule has 1 aliphatic carbocycles. The van der Waals surface area contributed by atoms with E-state index in [1.54, 1.807) is 14.0 Å². The van der Waals surface area contributed by atoms with E-state index in [2.05, 4.69) is 0 Å². The van der Waals surface area contributed by atoms with Crippen LogP contribution in [0.15, 0.2) is 11.0 Å². The van der Waals surface area contributed by atoms with Crippen LogP contribution in [-0.2, 0) is 10.0 Å². The molecule has 2 rings (SSSR count). The van der Waals surface area contributed by atoms with Gasteiger partial charge in [0.05, 0.1) is 4.90 Å². The fourth-order valence-electron chi connectivity index (χ4n) is 2.50. The molecule has 1 aromatic rings. The number of sulfonamides is 1. The van der Waals surface area contributed by atoms with Crippen LogP contribution in [0, 0.1) is 26.7 Å². The Morgan fingerprint density at radius 1 is 1.26 bits per heavy atom. The van der Waals surface area contributed by atoms with Gasteiger partial charge in [-0.3, -0.25) is 0 Å². The van der Waals surface area contributed by atoms with Crippen LogP contribution >= 0.6 is 0 Å². The lowest BCUT2D eigenvalue weighted by atomic mass is 10.1. The number of hydrogen-bond acceptors (Lipinski definition) is 3. The first kappa shape index (κ1) is 14.3. The highest BCUT2D eigenvalue weighted by molar-refractivity contribution is 7.89. The van der Waals surface area contributed by atoms with Gasteiger partial charge in [0.2, 0.25) is 10.0 Å². The van der Waals surface area contributed by atoms with E-state index in [9.17, 15) is 8.42 Å². The number of nitrogens with two attached hydrogens (primary N) is 1. The number of hydrogen-bond donors (Lipinski definition) is 1. The highest BCUT2D eigenvalue weighted by atomic mass is 32.2. The van der Waals surface area contributed by atoms with Crippen LogP contribution in [0.25, 0.3) is 0 Å². The average Bonchev–Trinajstić information content (AvgIpc) is 3.09. The van der Waals surface area contributed by atoms with Crippen molar-refractivity contribution in [3.63, 3.8) is 0 Å². The second-order valence-corrected chi connectivity index (χ2v) is 7.59. The van der Waals surface area contributed by atoms with Crippen LogP contribution in [0.4, 0.5) is 5.69 Å². The molecular formula is C14H22N2O2S. The zero-order valence-electron chi connectivity index (χ0n) is 12.0. The van der Waals surface area contributed by atoms with Gasteiger partial charge >= 0.3 is 0 Å². The molecule has 1 aromatic carbocycles. The number of benzene rings is 1. The van der Waals surface area contributed by atoms with Crippen molar-refractivity contribution in [2.45, 2.75) is 38.5 Å². The SMILES string of the molecule is Cc1cc(C)c(S(=O)(=O)N(C)CC2CC2)c(C)c1N. The third kappa shape index (κ3) is 2.62. The third-order valence-electron chi connectivity index (χ3n) is 3.84. The molecule has 4 nitrogen and oxygen atoms in total. The Hall–Kier alpha value is -1.07. The van der Waals surface area contributed by atoms with Gasteiger partial charge in [-0.2, -0.15) is 0 Å². The van der Waals surface area contributed by atoms with Crippen LogP contribution in [-0.4, -0.2) is 26.3 Å². The van der Waals surface area contributed by atoms with Gasteiger partial charge in [0, 0.05) is 19.3 Å². The second kappa shape index (κ2) is 4.80. The van der Waals surface area contributed by atoms with Gasteiger partial charge < -0.3 is 5.73 Å². The number of aryl methyl sites for hydroxylation is 2. The summed E-state index contributed by atoms with van der Waals surface area (Å²) >= 11 is 0. The minimum Gasteiger partial charge on any atom is -0.398 e. The maximum atomic E-state index is 12.7. The van der Waals surface area contributed by atoms with Crippen LogP contribution in [0.1, 0.15) is 29.5 Å². The standard InChI is InChI=1S/C14H22N2O2S/c1-9-7-10(2)14(11(3)13(9)15)19(17,18)16(4)8-12-5-6-12/h7,12H,5-6,8,15H2,1-4H3. The van der Waals surface area contributed by atoms with Gasteiger partial charge in [-0.25, -0.2) is 12.7 Å². The summed E-state index contributed by atoms with van der Waals surface area (Å²) in [6.07, 6.45) is 2.27. The average molecular weight is 282 g/mol. The number of anilines is 1. The van der Waals surface area contributed by atoms with E-state index in [-0.39, 0.29) is 0 Å². The molecule has 0 spiro atoms. The third-order valence-corrected chi connectivity index (χ3v) is 5.95. The predicted molar refractivity (Wildman–Crippen MR) is 77.6 cm³/mol. The minimum atomic E-state index is -3.44. The molecule has 0 heterocycles. The van der Waals surface area contributed by atoms with E-state index in [1.807, 2.05) is 19.9 Å². The summed E-state index contributed by atoms with van der Waals surface area (Å²) in [5.41, 5.74) is 8.92. The Kier molecular flexibility index (Phi) is 3.62. The van der Waals surface area contributed by atoms with Gasteiger partial charge in [-0.15, -0.1) is 0 Å². The molecule has 19 heavy (non-hydrogen) atoms. The van der Waals surface area contributed by atoms with Gasteiger partial charge in [0.15, 0.2) is 0 Å². The minimum absolute atomic E-state index is 0.374. The molecule has 0 aromatic heterocycles. The number of nitrogen functional groups attached to an aromatic ring is 1. The molecule has 1 fully saturated rings. The molecule has 0 atom stereocenters. The lowest BCUT2D eigenvalue weighted by Gasteiger charge is -2.21. The highest BCUT2D eigenvalue weighted by Gasteiger charge is 2.31. The Balaban J connectivity index is 2.47. The molecule has 5 heteroatoms. The normalized spacial score (nSPS) is 16.1. The van der Waals surface area contributed by atoms with E-state index >= 15 is 0 Å². The second-order valence-electron chi connectivity index (χ2n) is 5.61. The fraction of sp³-hybridized carbons (Fsp3) is 0.571. The first-order chi connectivity index (χ1) is 8.75. The Morgan fingerprint density at radius 2 is 1.84 bits per heavy atom. The first-order valence-corrected chi connectivity index (χ1v) is 8.01. The van der Waals surface area contributed by atoms with Crippen LogP contribution in [0.5, 0.6) is 0 Å². The number of nitrogens with zero attached hydrogens (tertiary/aromatic N) is 1. The molecule has 1 saturated carbocycles. The summed E-state index contributed by atoms with van der Waals surface area (Å²) in [6.45, 7) is 6.12. The summed E-state index contributed by atoms with van der Waals surface area (Å²) in [5.74, 6) is 0.531. The summed E-state index contributed by atoms with van der Waals surface area (Å²) < 4.78 is 26.8. The topological polar surface area (TPSA) is 63.4 Å². The summed E-state index contributed by atoms with van der Waals surface area (Å²) in [6, 6.07) is 1.85. The fourth-order valence-corrected chi connectivity index (χ4v) is 4.18. The molecule has 1 aliphatic rings. The summed E-state index contributed by atoms with van der Waals surface area (Å²) in [7, 11) is -1.79. The summed E-state index contributed by atoms with van der Waals surface area (Å²) in [5, 5.41) is 0. The largest absolute Gasteiger partial charge is 0.398 e. The van der Waals surface area contributed by atoms with E-state index in [0.29, 0.717) is 28.6 Å². The van der Waals surface area contributed by atoms with Crippen molar-refractivity contribution in [1.29, 1.82) is 0 Å². The molecule has 0 bridgehead atoms. The van der Waals surface area contributed by atoms with Gasteiger partial charge in [-0.05, 0) is 56.2 Å². The van der Waals surface area contributed by atoms with Crippen molar-refractivity contribution in [2.75, 3.05) is 19.3 Å². The first-order valence-electron chi connectivity index (χ1n) is 6.57. The molecular weight excluding hydrogens is 260 g/mol. The highest BCUT2D eigenvalue weighted by Crippen LogP contribution is 2.33. The molecule has 2 N–H and O–H groups in total. The molecule has 106 valence electrons. The van der Waals surface area contributed by atoms with E-state index in [1.165, 1.54) is 4.31 Å². The molecule has 0 aliphatic heterocycles. The molecule has 0 unspecified atom stereocenters. The monoisotopic (exact) mass is 282 g/mol. The van der Waals surface area contributed by atoms with Gasteiger partial charge in [0.25, 0.3) is 0 Å². The quantitative estimate of drug-likeness (QED) is 0.861. The van der Waals surface area contributed by atoms with Gasteiger partial charge in [-0.1, -0.05) is 6.07 Å². The van der Waals surface area contributed by atoms with Crippen LogP contribution < -0.4 is 5.73 Å². The smallest absolute Gasteiger partial charge is 0.243 e. The predicted octanol–water partition coefficient (Wildman–Crippen LogP) is 2.22. The Bertz CT molecular complexity index is 604. The summed E-state index contributed by atoms with van der Waals surface area (Å²) in [4.78, 5) is 0.374.